The molecule has 0 unspecified atom stereocenters. The number of piperazine rings is 1. The standard InChI is InChI=1S/C25H33N5O5S/c1-28(18-24(31)30-13-3-4-14-30)25(32)19-5-10-23(29-15-11-26-12-16-29)22(17-19)27-36(33,34)21-8-6-20(35-2)7-9-21/h5-10,17,26-27H,3-4,11-16,18H2,1-2H3. The highest BCUT2D eigenvalue weighted by atomic mass is 32.2. The molecule has 11 heteroatoms. The largest absolute Gasteiger partial charge is 0.497 e. The Morgan fingerprint density at radius 2 is 1.69 bits per heavy atom. The number of nitrogens with zero attached hydrogens (tertiary/aromatic N) is 3. The SMILES string of the molecule is COc1ccc(S(=O)(=O)Nc2cc(C(=O)N(C)CC(=O)N3CCCC3)ccc2N2CCNCC2)cc1. The van der Waals surface area contributed by atoms with E-state index in [9.17, 15) is 18.0 Å². The fraction of sp³-hybridized carbons (Fsp3) is 0.440. The first-order valence-corrected chi connectivity index (χ1v) is 13.6. The summed E-state index contributed by atoms with van der Waals surface area (Å²) in [6, 6.07) is 11.1. The zero-order valence-electron chi connectivity index (χ0n) is 20.7. The molecule has 0 aromatic heterocycles. The Hall–Kier alpha value is -3.31. The van der Waals surface area contributed by atoms with E-state index in [2.05, 4.69) is 14.9 Å². The molecule has 2 heterocycles. The summed E-state index contributed by atoms with van der Waals surface area (Å²) in [6.45, 7) is 4.36. The first-order chi connectivity index (χ1) is 17.3. The van der Waals surface area contributed by atoms with Gasteiger partial charge in [-0.1, -0.05) is 0 Å². The number of anilines is 2. The van der Waals surface area contributed by atoms with Crippen molar-refractivity contribution in [2.45, 2.75) is 17.7 Å². The van der Waals surface area contributed by atoms with Gasteiger partial charge in [-0.05, 0) is 55.3 Å². The molecule has 0 saturated carbocycles. The summed E-state index contributed by atoms with van der Waals surface area (Å²) in [5, 5.41) is 3.29. The van der Waals surface area contributed by atoms with E-state index in [-0.39, 0.29) is 23.3 Å². The van der Waals surface area contributed by atoms with Crippen LogP contribution >= 0.6 is 0 Å². The molecular weight excluding hydrogens is 482 g/mol. The molecule has 2 aliphatic heterocycles. The van der Waals surface area contributed by atoms with E-state index in [4.69, 9.17) is 4.74 Å². The third-order valence-corrected chi connectivity index (χ3v) is 7.87. The zero-order chi connectivity index (χ0) is 25.7. The van der Waals surface area contributed by atoms with Gasteiger partial charge < -0.3 is 24.8 Å². The first kappa shape index (κ1) is 25.8. The first-order valence-electron chi connectivity index (χ1n) is 12.1. The van der Waals surface area contributed by atoms with Crippen LogP contribution in [0.4, 0.5) is 11.4 Å². The minimum atomic E-state index is -3.93. The number of carbonyl (C=O) groups is 2. The van der Waals surface area contributed by atoms with Gasteiger partial charge in [0.25, 0.3) is 15.9 Å². The van der Waals surface area contributed by atoms with Crippen molar-refractivity contribution >= 4 is 33.2 Å². The second kappa shape index (κ2) is 11.2. The second-order valence-corrected chi connectivity index (χ2v) is 10.7. The highest BCUT2D eigenvalue weighted by Crippen LogP contribution is 2.31. The second-order valence-electron chi connectivity index (χ2n) is 9.00. The predicted octanol–water partition coefficient (Wildman–Crippen LogP) is 1.60. The summed E-state index contributed by atoms with van der Waals surface area (Å²) >= 11 is 0. The predicted molar refractivity (Wildman–Crippen MR) is 138 cm³/mol. The van der Waals surface area contributed by atoms with Crippen molar-refractivity contribution in [1.82, 2.24) is 15.1 Å². The van der Waals surface area contributed by atoms with Crippen LogP contribution in [-0.2, 0) is 14.8 Å². The van der Waals surface area contributed by atoms with Gasteiger partial charge in [-0.15, -0.1) is 0 Å². The maximum atomic E-state index is 13.2. The lowest BCUT2D eigenvalue weighted by Crippen LogP contribution is -2.44. The molecule has 2 saturated heterocycles. The number of sulfonamides is 1. The van der Waals surface area contributed by atoms with E-state index in [1.165, 1.54) is 24.1 Å². The van der Waals surface area contributed by atoms with Crippen molar-refractivity contribution in [3.63, 3.8) is 0 Å². The minimum absolute atomic E-state index is 0.0225. The number of methoxy groups -OCH3 is 1. The molecule has 0 atom stereocenters. The molecule has 194 valence electrons. The monoisotopic (exact) mass is 515 g/mol. The van der Waals surface area contributed by atoms with E-state index >= 15 is 0 Å². The van der Waals surface area contributed by atoms with Crippen molar-refractivity contribution in [3.05, 3.63) is 48.0 Å². The lowest BCUT2D eigenvalue weighted by atomic mass is 10.1. The lowest BCUT2D eigenvalue weighted by molar-refractivity contribution is -0.130. The van der Waals surface area contributed by atoms with Crippen LogP contribution in [0.3, 0.4) is 0 Å². The van der Waals surface area contributed by atoms with Crippen LogP contribution in [0.15, 0.2) is 47.4 Å². The van der Waals surface area contributed by atoms with E-state index in [1.807, 2.05) is 0 Å². The van der Waals surface area contributed by atoms with Gasteiger partial charge in [-0.25, -0.2) is 8.42 Å². The molecule has 4 rings (SSSR count). The smallest absolute Gasteiger partial charge is 0.261 e. The fourth-order valence-corrected chi connectivity index (χ4v) is 5.52. The topological polar surface area (TPSA) is 111 Å². The molecule has 2 amide bonds. The zero-order valence-corrected chi connectivity index (χ0v) is 21.5. The Bertz CT molecular complexity index is 1190. The highest BCUT2D eigenvalue weighted by Gasteiger charge is 2.25. The van der Waals surface area contributed by atoms with Gasteiger partial charge >= 0.3 is 0 Å². The number of ether oxygens (including phenoxy) is 1. The number of benzene rings is 2. The number of nitrogens with one attached hydrogen (secondary N) is 2. The third kappa shape index (κ3) is 5.90. The van der Waals surface area contributed by atoms with Gasteiger partial charge in [0.05, 0.1) is 29.9 Å². The number of amides is 2. The van der Waals surface area contributed by atoms with Gasteiger partial charge in [0.2, 0.25) is 5.91 Å². The van der Waals surface area contributed by atoms with Crippen molar-refractivity contribution in [3.8, 4) is 5.75 Å². The van der Waals surface area contributed by atoms with Crippen molar-refractivity contribution in [1.29, 1.82) is 0 Å². The summed E-state index contributed by atoms with van der Waals surface area (Å²) in [6.07, 6.45) is 1.96. The third-order valence-electron chi connectivity index (χ3n) is 6.49. The molecular formula is C25H33N5O5S. The maximum Gasteiger partial charge on any atom is 0.261 e. The van der Waals surface area contributed by atoms with Gasteiger partial charge in [-0.2, -0.15) is 0 Å². The van der Waals surface area contributed by atoms with Crippen LogP contribution in [0, 0.1) is 0 Å². The van der Waals surface area contributed by atoms with E-state index < -0.39 is 10.0 Å². The Kier molecular flexibility index (Phi) is 8.00. The lowest BCUT2D eigenvalue weighted by Gasteiger charge is -2.31. The van der Waals surface area contributed by atoms with E-state index in [0.29, 0.717) is 35.8 Å². The molecule has 2 aromatic rings. The number of carbonyl (C=O) groups excluding carboxylic acids is 2. The van der Waals surface area contributed by atoms with Crippen LogP contribution in [0.2, 0.25) is 0 Å². The average Bonchev–Trinajstić information content (AvgIpc) is 3.44. The molecule has 0 bridgehead atoms. The molecule has 10 nitrogen and oxygen atoms in total. The number of likely N-dealkylation sites (N-methyl/N-ethyl adjacent to an activating group) is 1. The number of hydrogen-bond acceptors (Lipinski definition) is 7. The number of rotatable bonds is 8. The Morgan fingerprint density at radius 1 is 1.03 bits per heavy atom. The van der Waals surface area contributed by atoms with Gasteiger partial charge in [0.1, 0.15) is 5.75 Å². The molecule has 2 aliphatic rings. The molecule has 2 aromatic carbocycles. The Morgan fingerprint density at radius 3 is 2.33 bits per heavy atom. The maximum absolute atomic E-state index is 13.2. The van der Waals surface area contributed by atoms with Crippen LogP contribution in [0.5, 0.6) is 5.75 Å². The summed E-state index contributed by atoms with van der Waals surface area (Å²) < 4.78 is 34.2. The van der Waals surface area contributed by atoms with Crippen molar-refractivity contribution < 1.29 is 22.7 Å². The molecule has 0 radical (unpaired) electrons. The van der Waals surface area contributed by atoms with Crippen LogP contribution < -0.4 is 19.7 Å². The van der Waals surface area contributed by atoms with Crippen LogP contribution in [-0.4, -0.2) is 90.0 Å². The number of likely N-dealkylation sites (tertiary alicyclic amines) is 1. The van der Waals surface area contributed by atoms with Crippen LogP contribution in [0.1, 0.15) is 23.2 Å². The van der Waals surface area contributed by atoms with Gasteiger partial charge in [-0.3, -0.25) is 14.3 Å². The van der Waals surface area contributed by atoms with E-state index in [1.54, 1.807) is 42.3 Å². The van der Waals surface area contributed by atoms with E-state index in [0.717, 1.165) is 39.0 Å². The minimum Gasteiger partial charge on any atom is -0.497 e. The Balaban J connectivity index is 1.60. The van der Waals surface area contributed by atoms with Crippen LogP contribution in [0.25, 0.3) is 0 Å². The molecule has 36 heavy (non-hydrogen) atoms. The average molecular weight is 516 g/mol. The van der Waals surface area contributed by atoms with Crippen molar-refractivity contribution in [2.75, 3.05) is 69.6 Å². The Labute approximate surface area is 212 Å². The highest BCUT2D eigenvalue weighted by molar-refractivity contribution is 7.92. The molecule has 2 fully saturated rings. The fourth-order valence-electron chi connectivity index (χ4n) is 4.45. The summed E-state index contributed by atoms with van der Waals surface area (Å²) in [7, 11) is -0.827. The molecule has 2 N–H and O–H groups in total. The summed E-state index contributed by atoms with van der Waals surface area (Å²) in [5.41, 5.74) is 1.32. The van der Waals surface area contributed by atoms with Crippen molar-refractivity contribution in [2.24, 2.45) is 0 Å². The van der Waals surface area contributed by atoms with Gasteiger partial charge in [0.15, 0.2) is 0 Å². The summed E-state index contributed by atoms with van der Waals surface area (Å²) in [5.74, 6) is 0.120. The number of hydrogen-bond donors (Lipinski definition) is 2. The molecule has 0 spiro atoms. The summed E-state index contributed by atoms with van der Waals surface area (Å²) in [4.78, 5) is 31.0. The van der Waals surface area contributed by atoms with Gasteiger partial charge in [0, 0.05) is 51.9 Å². The quantitative estimate of drug-likeness (QED) is 0.549. The molecule has 0 aliphatic carbocycles. The normalized spacial score (nSPS) is 16.1.